The summed E-state index contributed by atoms with van der Waals surface area (Å²) in [5.74, 6) is -1.44. The average molecular weight is 266 g/mol. The largest absolute Gasteiger partial charge is 0.481 e. The van der Waals surface area contributed by atoms with Crippen molar-refractivity contribution in [1.29, 1.82) is 0 Å². The molecule has 1 rings (SSSR count). The quantitative estimate of drug-likeness (QED) is 0.673. The van der Waals surface area contributed by atoms with Crippen LogP contribution in [0.5, 0.6) is 5.75 Å². The van der Waals surface area contributed by atoms with Gasteiger partial charge in [-0.1, -0.05) is 13.0 Å². The van der Waals surface area contributed by atoms with Crippen LogP contribution in [0.1, 0.15) is 30.6 Å². The minimum atomic E-state index is -1.15. The molecule has 0 spiro atoms. The van der Waals surface area contributed by atoms with Gasteiger partial charge in [0.1, 0.15) is 5.56 Å². The lowest BCUT2D eigenvalue weighted by atomic mass is 10.2. The van der Waals surface area contributed by atoms with E-state index < -0.39 is 5.97 Å². The van der Waals surface area contributed by atoms with E-state index in [1.807, 2.05) is 13.8 Å². The molecule has 0 aliphatic heterocycles. The maximum absolute atomic E-state index is 11.6. The molecule has 19 heavy (non-hydrogen) atoms. The van der Waals surface area contributed by atoms with Crippen molar-refractivity contribution in [1.82, 2.24) is 5.32 Å². The van der Waals surface area contributed by atoms with Gasteiger partial charge in [0.05, 0.1) is 5.69 Å². The van der Waals surface area contributed by atoms with Gasteiger partial charge in [-0.05, 0) is 25.5 Å². The number of nitrogen functional groups attached to an aromatic ring is 1. The minimum absolute atomic E-state index is 0.0225. The lowest BCUT2D eigenvalue weighted by Gasteiger charge is -2.14. The number of carbonyl (C=O) groups excluding carboxylic acids is 1. The van der Waals surface area contributed by atoms with Crippen LogP contribution < -0.4 is 15.8 Å². The molecule has 104 valence electrons. The number of anilines is 1. The highest BCUT2D eigenvalue weighted by molar-refractivity contribution is 5.93. The van der Waals surface area contributed by atoms with E-state index in [1.165, 1.54) is 18.2 Å². The normalized spacial score (nSPS) is 11.7. The van der Waals surface area contributed by atoms with Crippen molar-refractivity contribution in [3.8, 4) is 5.75 Å². The molecule has 1 amide bonds. The zero-order valence-corrected chi connectivity index (χ0v) is 11.0. The molecule has 0 bridgehead atoms. The number of ether oxygens (including phenoxy) is 1. The lowest BCUT2D eigenvalue weighted by molar-refractivity contribution is -0.123. The first-order valence-electron chi connectivity index (χ1n) is 5.99. The molecule has 1 atom stereocenters. The van der Waals surface area contributed by atoms with Crippen molar-refractivity contribution in [3.05, 3.63) is 23.8 Å². The fourth-order valence-electron chi connectivity index (χ4n) is 1.44. The third-order valence-electron chi connectivity index (χ3n) is 2.64. The number of para-hydroxylation sites is 1. The smallest absolute Gasteiger partial charge is 0.339 e. The van der Waals surface area contributed by atoms with Crippen LogP contribution in [0.4, 0.5) is 5.69 Å². The van der Waals surface area contributed by atoms with Crippen LogP contribution in [-0.4, -0.2) is 29.6 Å². The van der Waals surface area contributed by atoms with Crippen LogP contribution in [0.3, 0.4) is 0 Å². The molecule has 0 aliphatic carbocycles. The van der Waals surface area contributed by atoms with Gasteiger partial charge in [0.15, 0.2) is 12.4 Å². The highest BCUT2D eigenvalue weighted by Gasteiger charge is 2.15. The third-order valence-corrected chi connectivity index (χ3v) is 2.64. The molecule has 0 aliphatic rings. The van der Waals surface area contributed by atoms with E-state index in [1.54, 1.807) is 0 Å². The predicted octanol–water partition coefficient (Wildman–Crippen LogP) is 1.26. The highest BCUT2D eigenvalue weighted by atomic mass is 16.5. The monoisotopic (exact) mass is 266 g/mol. The average Bonchev–Trinajstić information content (AvgIpc) is 2.36. The number of rotatable bonds is 6. The number of benzene rings is 1. The molecule has 0 heterocycles. The number of amides is 1. The van der Waals surface area contributed by atoms with Gasteiger partial charge >= 0.3 is 5.97 Å². The van der Waals surface area contributed by atoms with Crippen LogP contribution in [0.25, 0.3) is 0 Å². The summed E-state index contributed by atoms with van der Waals surface area (Å²) in [7, 11) is 0. The molecule has 0 saturated heterocycles. The van der Waals surface area contributed by atoms with Crippen molar-refractivity contribution in [3.63, 3.8) is 0 Å². The number of carboxylic acid groups (broad SMARTS) is 1. The molecule has 0 aromatic heterocycles. The topological polar surface area (TPSA) is 102 Å². The first kappa shape index (κ1) is 14.8. The van der Waals surface area contributed by atoms with Crippen molar-refractivity contribution >= 4 is 17.6 Å². The lowest BCUT2D eigenvalue weighted by Crippen LogP contribution is -2.35. The molecule has 1 aromatic rings. The maximum atomic E-state index is 11.6. The van der Waals surface area contributed by atoms with E-state index >= 15 is 0 Å². The standard InChI is InChI=1S/C13H18N2O4/c1-3-8(2)15-11(16)7-19-12-9(13(17)18)5-4-6-10(12)14/h4-6,8H,3,7,14H2,1-2H3,(H,15,16)(H,17,18). The second-order valence-electron chi connectivity index (χ2n) is 4.19. The van der Waals surface area contributed by atoms with Gasteiger partial charge in [0.2, 0.25) is 0 Å². The van der Waals surface area contributed by atoms with Crippen LogP contribution >= 0.6 is 0 Å². The van der Waals surface area contributed by atoms with E-state index in [-0.39, 0.29) is 35.6 Å². The van der Waals surface area contributed by atoms with Crippen molar-refractivity contribution < 1.29 is 19.4 Å². The molecule has 0 saturated carbocycles. The molecular weight excluding hydrogens is 248 g/mol. The summed E-state index contributed by atoms with van der Waals surface area (Å²) in [6, 6.07) is 4.46. The van der Waals surface area contributed by atoms with E-state index in [2.05, 4.69) is 5.32 Å². The SMILES string of the molecule is CCC(C)NC(=O)COc1c(N)cccc1C(=O)O. The second kappa shape index (κ2) is 6.63. The van der Waals surface area contributed by atoms with Crippen molar-refractivity contribution in [2.45, 2.75) is 26.3 Å². The Balaban J connectivity index is 2.72. The Kier molecular flexibility index (Phi) is 5.17. The van der Waals surface area contributed by atoms with Gasteiger partial charge in [-0.3, -0.25) is 4.79 Å². The van der Waals surface area contributed by atoms with Crippen LogP contribution in [0.15, 0.2) is 18.2 Å². The molecule has 6 nitrogen and oxygen atoms in total. The summed E-state index contributed by atoms with van der Waals surface area (Å²) in [6.45, 7) is 3.56. The molecular formula is C13H18N2O4. The Morgan fingerprint density at radius 3 is 2.74 bits per heavy atom. The number of nitrogens with two attached hydrogens (primary N) is 1. The van der Waals surface area contributed by atoms with Crippen LogP contribution in [-0.2, 0) is 4.79 Å². The van der Waals surface area contributed by atoms with Gasteiger partial charge in [-0.25, -0.2) is 4.79 Å². The second-order valence-corrected chi connectivity index (χ2v) is 4.19. The summed E-state index contributed by atoms with van der Waals surface area (Å²) in [4.78, 5) is 22.6. The summed E-state index contributed by atoms with van der Waals surface area (Å²) in [5.41, 5.74) is 5.78. The van der Waals surface area contributed by atoms with E-state index in [9.17, 15) is 9.59 Å². The highest BCUT2D eigenvalue weighted by Crippen LogP contribution is 2.26. The van der Waals surface area contributed by atoms with Gasteiger partial charge in [-0.15, -0.1) is 0 Å². The number of nitrogens with one attached hydrogen (secondary N) is 1. The van der Waals surface area contributed by atoms with Crippen LogP contribution in [0, 0.1) is 0 Å². The van der Waals surface area contributed by atoms with Gasteiger partial charge in [-0.2, -0.15) is 0 Å². The van der Waals surface area contributed by atoms with Crippen LogP contribution in [0.2, 0.25) is 0 Å². The Hall–Kier alpha value is -2.24. The zero-order chi connectivity index (χ0) is 14.4. The number of hydrogen-bond acceptors (Lipinski definition) is 4. The summed E-state index contributed by atoms with van der Waals surface area (Å²) >= 11 is 0. The van der Waals surface area contributed by atoms with Crippen molar-refractivity contribution in [2.24, 2.45) is 0 Å². The minimum Gasteiger partial charge on any atom is -0.481 e. The number of carbonyl (C=O) groups is 2. The molecule has 1 unspecified atom stereocenters. The molecule has 6 heteroatoms. The zero-order valence-electron chi connectivity index (χ0n) is 11.0. The Labute approximate surface area is 111 Å². The molecule has 1 aromatic carbocycles. The van der Waals surface area contributed by atoms with Gasteiger partial charge in [0, 0.05) is 6.04 Å². The first-order valence-corrected chi connectivity index (χ1v) is 5.99. The number of aromatic carboxylic acids is 1. The number of carboxylic acids is 1. The molecule has 4 N–H and O–H groups in total. The Morgan fingerprint density at radius 2 is 2.16 bits per heavy atom. The molecule has 0 fully saturated rings. The van der Waals surface area contributed by atoms with E-state index in [0.717, 1.165) is 6.42 Å². The van der Waals surface area contributed by atoms with Crippen molar-refractivity contribution in [2.75, 3.05) is 12.3 Å². The third kappa shape index (κ3) is 4.17. The predicted molar refractivity (Wildman–Crippen MR) is 71.2 cm³/mol. The first-order chi connectivity index (χ1) is 8.95. The number of hydrogen-bond donors (Lipinski definition) is 3. The van der Waals surface area contributed by atoms with E-state index in [4.69, 9.17) is 15.6 Å². The van der Waals surface area contributed by atoms with E-state index in [0.29, 0.717) is 0 Å². The summed E-state index contributed by atoms with van der Waals surface area (Å²) < 4.78 is 5.22. The maximum Gasteiger partial charge on any atom is 0.339 e. The molecule has 0 radical (unpaired) electrons. The van der Waals surface area contributed by atoms with Gasteiger partial charge in [0.25, 0.3) is 5.91 Å². The Bertz CT molecular complexity index is 474. The van der Waals surface area contributed by atoms with Gasteiger partial charge < -0.3 is 20.9 Å². The Morgan fingerprint density at radius 1 is 1.47 bits per heavy atom. The fourth-order valence-corrected chi connectivity index (χ4v) is 1.44. The summed E-state index contributed by atoms with van der Waals surface area (Å²) in [6.07, 6.45) is 0.805. The summed E-state index contributed by atoms with van der Waals surface area (Å²) in [5, 5.41) is 11.7. The fraction of sp³-hybridized carbons (Fsp3) is 0.385.